The Hall–Kier alpha value is -1.36. The summed E-state index contributed by atoms with van der Waals surface area (Å²) >= 11 is 0. The number of hydrogen-bond donors (Lipinski definition) is 2. The fourth-order valence-electron chi connectivity index (χ4n) is 1.25. The summed E-state index contributed by atoms with van der Waals surface area (Å²) in [6, 6.07) is 0. The largest absolute Gasteiger partial charge is 0.476 e. The summed E-state index contributed by atoms with van der Waals surface area (Å²) in [5.74, 6) is 0.134. The van der Waals surface area contributed by atoms with Crippen LogP contribution in [0.4, 0.5) is 0 Å². The third kappa shape index (κ3) is 1.31. The van der Waals surface area contributed by atoms with Crippen molar-refractivity contribution in [2.45, 2.75) is 12.8 Å². The Kier molecular flexibility index (Phi) is 1.81. The fraction of sp³-hybridized carbons (Fsp3) is 0.500. The number of aromatic carboxylic acids is 1. The molecule has 1 aromatic rings. The van der Waals surface area contributed by atoms with Crippen LogP contribution in [0.1, 0.15) is 28.1 Å². The molecule has 0 atom stereocenters. The van der Waals surface area contributed by atoms with Gasteiger partial charge in [0.1, 0.15) is 5.76 Å². The normalized spacial score (nSPS) is 17.0. The zero-order valence-electron chi connectivity index (χ0n) is 7.20. The first-order chi connectivity index (χ1) is 6.18. The molecule has 1 saturated heterocycles. The minimum Gasteiger partial charge on any atom is -0.476 e. The highest BCUT2D eigenvalue weighted by Crippen LogP contribution is 2.21. The van der Waals surface area contributed by atoms with E-state index in [-0.39, 0.29) is 11.6 Å². The molecule has 1 aliphatic heterocycles. The minimum atomic E-state index is -1.03. The number of carbonyl (C=O) groups is 1. The van der Waals surface area contributed by atoms with Crippen molar-refractivity contribution in [3.05, 3.63) is 17.3 Å². The van der Waals surface area contributed by atoms with E-state index in [1.807, 2.05) is 0 Å². The predicted molar refractivity (Wildman–Crippen MR) is 43.8 cm³/mol. The molecule has 0 aromatic carbocycles. The summed E-state index contributed by atoms with van der Waals surface area (Å²) < 4.78 is 5.25. The molecule has 0 spiro atoms. The van der Waals surface area contributed by atoms with Gasteiger partial charge in [-0.15, -0.1) is 0 Å². The maximum atomic E-state index is 10.6. The molecule has 1 aromatic heterocycles. The molecule has 0 unspecified atom stereocenters. The zero-order valence-corrected chi connectivity index (χ0v) is 7.20. The van der Waals surface area contributed by atoms with E-state index in [4.69, 9.17) is 9.52 Å². The number of hydrogen-bond acceptors (Lipinski definition) is 4. The van der Waals surface area contributed by atoms with Crippen molar-refractivity contribution < 1.29 is 14.3 Å². The van der Waals surface area contributed by atoms with Gasteiger partial charge in [0.05, 0.1) is 5.92 Å². The summed E-state index contributed by atoms with van der Waals surface area (Å²) in [6.07, 6.45) is 0. The van der Waals surface area contributed by atoms with E-state index in [1.54, 1.807) is 6.92 Å². The minimum absolute atomic E-state index is 0.0295. The Balaban J connectivity index is 2.28. The molecule has 0 bridgehead atoms. The molecule has 2 rings (SSSR count). The third-order valence-electron chi connectivity index (χ3n) is 2.15. The zero-order chi connectivity index (χ0) is 9.42. The third-order valence-corrected chi connectivity index (χ3v) is 2.15. The average molecular weight is 182 g/mol. The van der Waals surface area contributed by atoms with Gasteiger partial charge in [-0.1, -0.05) is 0 Å². The molecule has 2 heterocycles. The lowest BCUT2D eigenvalue weighted by Gasteiger charge is -2.23. The molecule has 70 valence electrons. The van der Waals surface area contributed by atoms with Gasteiger partial charge < -0.3 is 14.8 Å². The Labute approximate surface area is 74.8 Å². The van der Waals surface area contributed by atoms with E-state index < -0.39 is 5.97 Å². The smallest absolute Gasteiger partial charge is 0.358 e. The number of carboxylic acid groups (broad SMARTS) is 1. The standard InChI is InChI=1S/C8H10N2O3/c1-4-6(8(11)12)10-7(13-4)5-2-9-3-5/h5,9H,2-3H2,1H3,(H,11,12). The quantitative estimate of drug-likeness (QED) is 0.691. The monoisotopic (exact) mass is 182 g/mol. The Morgan fingerprint density at radius 1 is 1.69 bits per heavy atom. The van der Waals surface area contributed by atoms with Crippen LogP contribution in [0.3, 0.4) is 0 Å². The maximum Gasteiger partial charge on any atom is 0.358 e. The summed E-state index contributed by atoms with van der Waals surface area (Å²) in [4.78, 5) is 14.6. The second-order valence-electron chi connectivity index (χ2n) is 3.12. The van der Waals surface area contributed by atoms with Crippen LogP contribution in [-0.4, -0.2) is 29.1 Å². The topological polar surface area (TPSA) is 75.4 Å². The summed E-state index contributed by atoms with van der Waals surface area (Å²) in [7, 11) is 0. The van der Waals surface area contributed by atoms with Gasteiger partial charge in [-0.25, -0.2) is 9.78 Å². The lowest BCUT2D eigenvalue weighted by molar-refractivity contribution is 0.0689. The highest BCUT2D eigenvalue weighted by Gasteiger charge is 2.26. The summed E-state index contributed by atoms with van der Waals surface area (Å²) in [5, 5.41) is 11.8. The molecule has 13 heavy (non-hydrogen) atoms. The van der Waals surface area contributed by atoms with Crippen LogP contribution in [0.5, 0.6) is 0 Å². The van der Waals surface area contributed by atoms with E-state index >= 15 is 0 Å². The molecule has 2 N–H and O–H groups in total. The Morgan fingerprint density at radius 3 is 2.77 bits per heavy atom. The molecule has 0 aliphatic carbocycles. The average Bonchev–Trinajstić information content (AvgIpc) is 2.27. The Bertz CT molecular complexity index is 341. The molecule has 0 saturated carbocycles. The van der Waals surface area contributed by atoms with E-state index in [9.17, 15) is 4.79 Å². The van der Waals surface area contributed by atoms with Crippen molar-refractivity contribution in [3.63, 3.8) is 0 Å². The highest BCUT2D eigenvalue weighted by molar-refractivity contribution is 5.86. The number of aryl methyl sites for hydroxylation is 1. The molecule has 1 fully saturated rings. The van der Waals surface area contributed by atoms with Crippen LogP contribution in [-0.2, 0) is 0 Å². The second-order valence-corrected chi connectivity index (χ2v) is 3.12. The van der Waals surface area contributed by atoms with Crippen molar-refractivity contribution >= 4 is 5.97 Å². The highest BCUT2D eigenvalue weighted by atomic mass is 16.4. The van der Waals surface area contributed by atoms with E-state index in [0.29, 0.717) is 11.7 Å². The SMILES string of the molecule is Cc1oc(C2CNC2)nc1C(=O)O. The second kappa shape index (κ2) is 2.85. The number of carboxylic acids is 1. The molecular weight excluding hydrogens is 172 g/mol. The van der Waals surface area contributed by atoms with Crippen LogP contribution >= 0.6 is 0 Å². The summed E-state index contributed by atoms with van der Waals surface area (Å²) in [5.41, 5.74) is 0.0295. The first-order valence-electron chi connectivity index (χ1n) is 4.10. The number of oxazole rings is 1. The van der Waals surface area contributed by atoms with Crippen LogP contribution < -0.4 is 5.32 Å². The van der Waals surface area contributed by atoms with E-state index in [0.717, 1.165) is 13.1 Å². The lowest BCUT2D eigenvalue weighted by Crippen LogP contribution is -2.40. The number of rotatable bonds is 2. The van der Waals surface area contributed by atoms with Gasteiger partial charge in [-0.3, -0.25) is 0 Å². The number of nitrogens with zero attached hydrogens (tertiary/aromatic N) is 1. The van der Waals surface area contributed by atoms with Crippen LogP contribution in [0.2, 0.25) is 0 Å². The molecule has 5 nitrogen and oxygen atoms in total. The first-order valence-corrected chi connectivity index (χ1v) is 4.10. The van der Waals surface area contributed by atoms with Gasteiger partial charge >= 0.3 is 5.97 Å². The number of aromatic nitrogens is 1. The van der Waals surface area contributed by atoms with Crippen LogP contribution in [0.15, 0.2) is 4.42 Å². The van der Waals surface area contributed by atoms with Gasteiger partial charge in [-0.05, 0) is 6.92 Å². The number of nitrogens with one attached hydrogen (secondary N) is 1. The van der Waals surface area contributed by atoms with Crippen LogP contribution in [0.25, 0.3) is 0 Å². The van der Waals surface area contributed by atoms with Crippen molar-refractivity contribution in [2.24, 2.45) is 0 Å². The molecule has 0 amide bonds. The fourth-order valence-corrected chi connectivity index (χ4v) is 1.25. The van der Waals surface area contributed by atoms with Gasteiger partial charge in [0.15, 0.2) is 5.69 Å². The molecule has 0 radical (unpaired) electrons. The maximum absolute atomic E-state index is 10.6. The predicted octanol–water partition coefficient (Wildman–Crippen LogP) is 0.368. The van der Waals surface area contributed by atoms with Crippen molar-refractivity contribution in [3.8, 4) is 0 Å². The Morgan fingerprint density at radius 2 is 2.38 bits per heavy atom. The first kappa shape index (κ1) is 8.25. The summed E-state index contributed by atoms with van der Waals surface area (Å²) in [6.45, 7) is 3.25. The van der Waals surface area contributed by atoms with Crippen molar-refractivity contribution in [1.29, 1.82) is 0 Å². The van der Waals surface area contributed by atoms with Gasteiger partial charge in [-0.2, -0.15) is 0 Å². The van der Waals surface area contributed by atoms with Gasteiger partial charge in [0, 0.05) is 13.1 Å². The van der Waals surface area contributed by atoms with Crippen LogP contribution in [0, 0.1) is 6.92 Å². The lowest BCUT2D eigenvalue weighted by atomic mass is 10.0. The molecule has 5 heteroatoms. The van der Waals surface area contributed by atoms with E-state index in [2.05, 4.69) is 10.3 Å². The van der Waals surface area contributed by atoms with Gasteiger partial charge in [0.25, 0.3) is 0 Å². The molecular formula is C8H10N2O3. The van der Waals surface area contributed by atoms with E-state index in [1.165, 1.54) is 0 Å². The van der Waals surface area contributed by atoms with Crippen molar-refractivity contribution in [2.75, 3.05) is 13.1 Å². The van der Waals surface area contributed by atoms with Gasteiger partial charge in [0.2, 0.25) is 5.89 Å². The molecule has 1 aliphatic rings. The van der Waals surface area contributed by atoms with Crippen molar-refractivity contribution in [1.82, 2.24) is 10.3 Å².